The van der Waals surface area contributed by atoms with Gasteiger partial charge in [0.15, 0.2) is 5.84 Å². The van der Waals surface area contributed by atoms with E-state index in [0.717, 1.165) is 37.5 Å². The number of nitrogens with zero attached hydrogens (tertiary/aromatic N) is 3. The molecule has 2 aromatic carbocycles. The van der Waals surface area contributed by atoms with Gasteiger partial charge in [0.25, 0.3) is 10.0 Å². The highest BCUT2D eigenvalue weighted by atomic mass is 35.5. The molecule has 2 aromatic rings. The number of benzene rings is 2. The van der Waals surface area contributed by atoms with E-state index in [4.69, 9.17) is 11.6 Å². The topological polar surface area (TPSA) is 53.0 Å². The predicted octanol–water partition coefficient (Wildman–Crippen LogP) is 3.39. The number of halogens is 1. The summed E-state index contributed by atoms with van der Waals surface area (Å²) in [5.74, 6) is 0.568. The van der Waals surface area contributed by atoms with E-state index >= 15 is 0 Å². The molecule has 0 amide bonds. The maximum absolute atomic E-state index is 12.3. The Morgan fingerprint density at radius 3 is 2.63 bits per heavy atom. The molecule has 0 bridgehead atoms. The van der Waals surface area contributed by atoms with Crippen LogP contribution >= 0.6 is 11.6 Å². The lowest BCUT2D eigenvalue weighted by atomic mass is 10.0. The Balaban J connectivity index is 1.43. The average Bonchev–Trinajstić information content (AvgIpc) is 2.93. The number of piperidine rings is 1. The molecular formula is C20H22ClN3O2S. The zero-order chi connectivity index (χ0) is 19.0. The minimum absolute atomic E-state index is 0.278. The number of sulfonamides is 1. The molecule has 0 aromatic heterocycles. The second-order valence-corrected chi connectivity index (χ2v) is 9.14. The minimum Gasteiger partial charge on any atom is -0.355 e. The summed E-state index contributed by atoms with van der Waals surface area (Å²) < 4.78 is 28.6. The van der Waals surface area contributed by atoms with Gasteiger partial charge in [0.05, 0.1) is 0 Å². The summed E-state index contributed by atoms with van der Waals surface area (Å²) in [5, 5.41) is 0.765. The van der Waals surface area contributed by atoms with Crippen molar-refractivity contribution in [2.75, 3.05) is 20.1 Å². The largest absolute Gasteiger partial charge is 0.355 e. The number of rotatable bonds is 3. The predicted molar refractivity (Wildman–Crippen MR) is 108 cm³/mol. The molecule has 1 fully saturated rings. The molecule has 7 heteroatoms. The first kappa shape index (κ1) is 18.5. The highest BCUT2D eigenvalue weighted by Gasteiger charge is 2.33. The highest BCUT2D eigenvalue weighted by molar-refractivity contribution is 7.90. The van der Waals surface area contributed by atoms with E-state index in [1.54, 1.807) is 12.1 Å². The van der Waals surface area contributed by atoms with Crippen molar-refractivity contribution in [3.05, 3.63) is 64.7 Å². The number of hydrogen-bond donors (Lipinski definition) is 0. The van der Waals surface area contributed by atoms with Crippen molar-refractivity contribution in [2.24, 2.45) is 4.40 Å². The Bertz CT molecular complexity index is 982. The van der Waals surface area contributed by atoms with Crippen molar-refractivity contribution in [1.29, 1.82) is 0 Å². The maximum Gasteiger partial charge on any atom is 0.285 e. The number of fused-ring (bicyclic) bond motifs is 1. The molecule has 0 radical (unpaired) electrons. The first-order valence-electron chi connectivity index (χ1n) is 9.08. The number of amidine groups is 1. The van der Waals surface area contributed by atoms with Gasteiger partial charge < -0.3 is 4.90 Å². The molecule has 5 nitrogen and oxygen atoms in total. The van der Waals surface area contributed by atoms with Gasteiger partial charge in [-0.1, -0.05) is 35.9 Å². The molecule has 0 saturated carbocycles. The number of hydrogen-bond acceptors (Lipinski definition) is 4. The van der Waals surface area contributed by atoms with Crippen molar-refractivity contribution in [2.45, 2.75) is 30.3 Å². The van der Waals surface area contributed by atoms with Crippen LogP contribution in [-0.4, -0.2) is 50.2 Å². The normalized spacial score (nSPS) is 19.6. The highest BCUT2D eigenvalue weighted by Crippen LogP contribution is 2.29. The summed E-state index contributed by atoms with van der Waals surface area (Å²) in [6.07, 6.45) is 1.94. The number of likely N-dealkylation sites (tertiary alicyclic amines) is 1. The Hall–Kier alpha value is -1.89. The zero-order valence-corrected chi connectivity index (χ0v) is 16.7. The fourth-order valence-electron chi connectivity index (χ4n) is 3.87. The zero-order valence-electron chi connectivity index (χ0n) is 15.2. The lowest BCUT2D eigenvalue weighted by Crippen LogP contribution is -2.45. The van der Waals surface area contributed by atoms with Crippen LogP contribution in [0, 0.1) is 0 Å². The summed E-state index contributed by atoms with van der Waals surface area (Å²) in [4.78, 5) is 4.77. The molecule has 0 atom stereocenters. The van der Waals surface area contributed by atoms with Gasteiger partial charge in [0, 0.05) is 43.3 Å². The van der Waals surface area contributed by atoms with Crippen LogP contribution in [0.2, 0.25) is 5.02 Å². The molecule has 0 unspecified atom stereocenters. The summed E-state index contributed by atoms with van der Waals surface area (Å²) in [6, 6.07) is 15.3. The Morgan fingerprint density at radius 2 is 1.89 bits per heavy atom. The molecule has 0 spiro atoms. The molecule has 0 N–H and O–H groups in total. The van der Waals surface area contributed by atoms with E-state index in [0.29, 0.717) is 16.3 Å². The summed E-state index contributed by atoms with van der Waals surface area (Å²) >= 11 is 6.08. The maximum atomic E-state index is 12.3. The van der Waals surface area contributed by atoms with Gasteiger partial charge in [-0.2, -0.15) is 8.42 Å². The van der Waals surface area contributed by atoms with Crippen molar-refractivity contribution < 1.29 is 8.42 Å². The fraction of sp³-hybridized carbons (Fsp3) is 0.350. The third kappa shape index (κ3) is 3.74. The molecule has 4 rings (SSSR count). The Labute approximate surface area is 165 Å². The van der Waals surface area contributed by atoms with Crippen molar-refractivity contribution in [1.82, 2.24) is 9.80 Å². The van der Waals surface area contributed by atoms with Crippen molar-refractivity contribution >= 4 is 27.5 Å². The molecule has 2 heterocycles. The SMILES string of the molecule is CN(C1=NS(=O)(=O)c2ccccc21)C1CCN(Cc2cccc(Cl)c2)CC1. The van der Waals surface area contributed by atoms with Gasteiger partial charge in [0.2, 0.25) is 0 Å². The van der Waals surface area contributed by atoms with Crippen LogP contribution in [0.25, 0.3) is 0 Å². The van der Waals surface area contributed by atoms with E-state index in [-0.39, 0.29) is 6.04 Å². The monoisotopic (exact) mass is 403 g/mol. The van der Waals surface area contributed by atoms with E-state index in [1.165, 1.54) is 5.56 Å². The smallest absolute Gasteiger partial charge is 0.285 e. The molecule has 2 aliphatic heterocycles. The van der Waals surface area contributed by atoms with Gasteiger partial charge in [-0.15, -0.1) is 4.40 Å². The van der Waals surface area contributed by atoms with Crippen LogP contribution in [0.4, 0.5) is 0 Å². The van der Waals surface area contributed by atoms with Crippen LogP contribution < -0.4 is 0 Å². The van der Waals surface area contributed by atoms with Gasteiger partial charge in [0.1, 0.15) is 4.90 Å². The lowest BCUT2D eigenvalue weighted by molar-refractivity contribution is 0.160. The fourth-order valence-corrected chi connectivity index (χ4v) is 5.33. The first-order chi connectivity index (χ1) is 12.9. The van der Waals surface area contributed by atoms with Gasteiger partial charge in [-0.05, 0) is 42.7 Å². The Kier molecular flexibility index (Phi) is 4.97. The van der Waals surface area contributed by atoms with Gasteiger partial charge >= 0.3 is 0 Å². The molecule has 27 heavy (non-hydrogen) atoms. The second-order valence-electron chi connectivity index (χ2n) is 7.13. The Morgan fingerprint density at radius 1 is 1.15 bits per heavy atom. The molecule has 1 saturated heterocycles. The van der Waals surface area contributed by atoms with E-state index in [9.17, 15) is 8.42 Å². The lowest BCUT2D eigenvalue weighted by Gasteiger charge is -2.37. The third-order valence-corrected chi connectivity index (χ3v) is 6.91. The summed E-state index contributed by atoms with van der Waals surface area (Å²) in [7, 11) is -1.62. The standard InChI is InChI=1S/C20H22ClN3O2S/c1-23(20-18-7-2-3-8-19(18)27(25,26)22-20)17-9-11-24(12-10-17)14-15-5-4-6-16(21)13-15/h2-8,13,17H,9-12,14H2,1H3. The van der Waals surface area contributed by atoms with E-state index in [2.05, 4.69) is 15.4 Å². The van der Waals surface area contributed by atoms with Crippen LogP contribution in [0.1, 0.15) is 24.0 Å². The van der Waals surface area contributed by atoms with Gasteiger partial charge in [-0.3, -0.25) is 4.90 Å². The van der Waals surface area contributed by atoms with Crippen LogP contribution in [0.5, 0.6) is 0 Å². The summed E-state index contributed by atoms with van der Waals surface area (Å²) in [5.41, 5.74) is 1.93. The van der Waals surface area contributed by atoms with Crippen LogP contribution in [-0.2, 0) is 16.6 Å². The summed E-state index contributed by atoms with van der Waals surface area (Å²) in [6.45, 7) is 2.81. The quantitative estimate of drug-likeness (QED) is 0.788. The van der Waals surface area contributed by atoms with E-state index < -0.39 is 10.0 Å². The first-order valence-corrected chi connectivity index (χ1v) is 10.9. The molecule has 142 valence electrons. The third-order valence-electron chi connectivity index (χ3n) is 5.35. The average molecular weight is 404 g/mol. The van der Waals surface area contributed by atoms with Gasteiger partial charge in [-0.25, -0.2) is 0 Å². The van der Waals surface area contributed by atoms with Crippen molar-refractivity contribution in [3.63, 3.8) is 0 Å². The van der Waals surface area contributed by atoms with E-state index in [1.807, 2.05) is 42.3 Å². The van der Waals surface area contributed by atoms with Crippen LogP contribution in [0.3, 0.4) is 0 Å². The van der Waals surface area contributed by atoms with Crippen LogP contribution in [0.15, 0.2) is 57.8 Å². The minimum atomic E-state index is -3.57. The molecule has 2 aliphatic rings. The molecule has 0 aliphatic carbocycles. The van der Waals surface area contributed by atoms with Crippen molar-refractivity contribution in [3.8, 4) is 0 Å². The second kappa shape index (κ2) is 7.26. The molecular weight excluding hydrogens is 382 g/mol.